The second-order valence-electron chi connectivity index (χ2n) is 3.79. The number of halogens is 1. The number of nitrogens with zero attached hydrogens (tertiary/aromatic N) is 1. The van der Waals surface area contributed by atoms with E-state index in [1.807, 2.05) is 27.1 Å². The van der Waals surface area contributed by atoms with Crippen LogP contribution in [-0.2, 0) is 0 Å². The average Bonchev–Trinajstić information content (AvgIpc) is 2.13. The van der Waals surface area contributed by atoms with Gasteiger partial charge in [-0.3, -0.25) is 0 Å². The molecule has 0 amide bonds. The lowest BCUT2D eigenvalue weighted by Gasteiger charge is -2.13. The molecule has 0 fully saturated rings. The summed E-state index contributed by atoms with van der Waals surface area (Å²) in [4.78, 5) is 2.06. The van der Waals surface area contributed by atoms with Gasteiger partial charge in [0.05, 0.1) is 10.7 Å². The predicted molar refractivity (Wildman–Crippen MR) is 64.7 cm³/mol. The Balaban J connectivity index is 2.65. The third-order valence-corrected chi connectivity index (χ3v) is 2.42. The number of anilines is 1. The van der Waals surface area contributed by atoms with Gasteiger partial charge in [-0.1, -0.05) is 11.6 Å². The van der Waals surface area contributed by atoms with Gasteiger partial charge in [-0.15, -0.1) is 0 Å². The number of rotatable bonds is 4. The quantitative estimate of drug-likeness (QED) is 0.803. The van der Waals surface area contributed by atoms with Gasteiger partial charge in [0, 0.05) is 12.6 Å². The van der Waals surface area contributed by atoms with Crippen LogP contribution in [0, 0.1) is 6.92 Å². The smallest absolute Gasteiger partial charge is 0.123 e. The molecule has 15 heavy (non-hydrogen) atoms. The van der Waals surface area contributed by atoms with Crippen molar-refractivity contribution in [3.8, 4) is 5.75 Å². The van der Waals surface area contributed by atoms with Gasteiger partial charge in [0.2, 0.25) is 0 Å². The first kappa shape index (κ1) is 12.1. The van der Waals surface area contributed by atoms with Crippen LogP contribution in [0.3, 0.4) is 0 Å². The third-order valence-electron chi connectivity index (χ3n) is 2.09. The van der Waals surface area contributed by atoms with Crippen molar-refractivity contribution in [3.63, 3.8) is 0 Å². The maximum Gasteiger partial charge on any atom is 0.123 e. The van der Waals surface area contributed by atoms with Crippen LogP contribution in [0.4, 0.5) is 5.69 Å². The Morgan fingerprint density at radius 1 is 1.40 bits per heavy atom. The first-order valence-corrected chi connectivity index (χ1v) is 5.21. The highest BCUT2D eigenvalue weighted by atomic mass is 35.5. The zero-order valence-corrected chi connectivity index (χ0v) is 10.1. The highest BCUT2D eigenvalue weighted by Crippen LogP contribution is 2.28. The van der Waals surface area contributed by atoms with Crippen molar-refractivity contribution in [1.29, 1.82) is 0 Å². The molecule has 0 heterocycles. The van der Waals surface area contributed by atoms with Gasteiger partial charge in [0.1, 0.15) is 12.4 Å². The van der Waals surface area contributed by atoms with E-state index in [0.29, 0.717) is 17.3 Å². The summed E-state index contributed by atoms with van der Waals surface area (Å²) in [7, 11) is 4.01. The maximum atomic E-state index is 5.91. The van der Waals surface area contributed by atoms with Crippen molar-refractivity contribution >= 4 is 17.3 Å². The van der Waals surface area contributed by atoms with E-state index in [0.717, 1.165) is 17.9 Å². The van der Waals surface area contributed by atoms with Crippen LogP contribution in [0.25, 0.3) is 0 Å². The Hall–Kier alpha value is -0.930. The zero-order valence-electron chi connectivity index (χ0n) is 9.38. The summed E-state index contributed by atoms with van der Waals surface area (Å²) < 4.78 is 5.60. The molecule has 0 atom stereocenters. The molecule has 4 heteroatoms. The lowest BCUT2D eigenvalue weighted by molar-refractivity contribution is 0.260. The minimum absolute atomic E-state index is 0.542. The lowest BCUT2D eigenvalue weighted by atomic mass is 10.2. The van der Waals surface area contributed by atoms with E-state index in [1.54, 1.807) is 6.07 Å². The van der Waals surface area contributed by atoms with Crippen LogP contribution in [-0.4, -0.2) is 32.1 Å². The first-order valence-electron chi connectivity index (χ1n) is 4.84. The number of benzene rings is 1. The molecule has 1 aromatic rings. The number of hydrogen-bond donors (Lipinski definition) is 1. The Kier molecular flexibility index (Phi) is 4.24. The third kappa shape index (κ3) is 3.61. The van der Waals surface area contributed by atoms with Gasteiger partial charge in [-0.25, -0.2) is 0 Å². The summed E-state index contributed by atoms with van der Waals surface area (Å²) in [5, 5.41) is 0.542. The fourth-order valence-electron chi connectivity index (χ4n) is 1.18. The van der Waals surface area contributed by atoms with Crippen molar-refractivity contribution in [3.05, 3.63) is 22.7 Å². The minimum Gasteiger partial charge on any atom is -0.492 e. The molecule has 2 N–H and O–H groups in total. The molecule has 0 bridgehead atoms. The SMILES string of the molecule is Cc1cc(N)c(Cl)cc1OCCN(C)C. The molecule has 0 aliphatic carbocycles. The molecule has 0 unspecified atom stereocenters. The highest BCUT2D eigenvalue weighted by Gasteiger charge is 2.04. The van der Waals surface area contributed by atoms with Crippen molar-refractivity contribution in [2.45, 2.75) is 6.92 Å². The summed E-state index contributed by atoms with van der Waals surface area (Å²) >= 11 is 5.91. The molecule has 3 nitrogen and oxygen atoms in total. The van der Waals surface area contributed by atoms with Crippen molar-refractivity contribution < 1.29 is 4.74 Å². The second kappa shape index (κ2) is 5.24. The lowest BCUT2D eigenvalue weighted by Crippen LogP contribution is -2.19. The number of ether oxygens (including phenoxy) is 1. The normalized spacial score (nSPS) is 10.7. The van der Waals surface area contributed by atoms with Gasteiger partial charge in [-0.05, 0) is 32.6 Å². The zero-order chi connectivity index (χ0) is 11.4. The molecule has 0 radical (unpaired) electrons. The van der Waals surface area contributed by atoms with Crippen LogP contribution in [0.5, 0.6) is 5.75 Å². The fraction of sp³-hybridized carbons (Fsp3) is 0.455. The van der Waals surface area contributed by atoms with Gasteiger partial charge in [0.15, 0.2) is 0 Å². The fourth-order valence-corrected chi connectivity index (χ4v) is 1.33. The monoisotopic (exact) mass is 228 g/mol. The number of aryl methyl sites for hydroxylation is 1. The van der Waals surface area contributed by atoms with Gasteiger partial charge >= 0.3 is 0 Å². The van der Waals surface area contributed by atoms with Crippen LogP contribution in [0.1, 0.15) is 5.56 Å². The number of nitrogens with two attached hydrogens (primary N) is 1. The minimum atomic E-state index is 0.542. The Morgan fingerprint density at radius 3 is 2.67 bits per heavy atom. The molecule has 1 aromatic carbocycles. The molecular weight excluding hydrogens is 212 g/mol. The van der Waals surface area contributed by atoms with Crippen molar-refractivity contribution in [1.82, 2.24) is 4.90 Å². The van der Waals surface area contributed by atoms with E-state index in [2.05, 4.69) is 4.90 Å². The molecule has 0 spiro atoms. The van der Waals surface area contributed by atoms with E-state index in [-0.39, 0.29) is 0 Å². The van der Waals surface area contributed by atoms with E-state index in [9.17, 15) is 0 Å². The second-order valence-corrected chi connectivity index (χ2v) is 4.20. The molecule has 0 saturated heterocycles. The van der Waals surface area contributed by atoms with E-state index < -0.39 is 0 Å². The summed E-state index contributed by atoms with van der Waals surface area (Å²) in [6.45, 7) is 3.48. The highest BCUT2D eigenvalue weighted by molar-refractivity contribution is 6.33. The van der Waals surface area contributed by atoms with E-state index in [1.165, 1.54) is 0 Å². The topological polar surface area (TPSA) is 38.5 Å². The van der Waals surface area contributed by atoms with Crippen LogP contribution in [0.15, 0.2) is 12.1 Å². The first-order chi connectivity index (χ1) is 7.00. The van der Waals surface area contributed by atoms with Crippen molar-refractivity contribution in [2.75, 3.05) is 33.0 Å². The van der Waals surface area contributed by atoms with Crippen LogP contribution >= 0.6 is 11.6 Å². The summed E-state index contributed by atoms with van der Waals surface area (Å²) in [5.41, 5.74) is 7.27. The summed E-state index contributed by atoms with van der Waals surface area (Å²) in [5.74, 6) is 0.802. The van der Waals surface area contributed by atoms with Gasteiger partial charge < -0.3 is 15.4 Å². The summed E-state index contributed by atoms with van der Waals surface area (Å²) in [6.07, 6.45) is 0. The van der Waals surface area contributed by atoms with Crippen LogP contribution in [0.2, 0.25) is 5.02 Å². The largest absolute Gasteiger partial charge is 0.492 e. The Morgan fingerprint density at radius 2 is 2.07 bits per heavy atom. The van der Waals surface area contributed by atoms with E-state index >= 15 is 0 Å². The Labute approximate surface area is 95.8 Å². The predicted octanol–water partition coefficient (Wildman–Crippen LogP) is 2.17. The van der Waals surface area contributed by atoms with E-state index in [4.69, 9.17) is 22.1 Å². The van der Waals surface area contributed by atoms with Gasteiger partial charge in [-0.2, -0.15) is 0 Å². The van der Waals surface area contributed by atoms with Crippen LogP contribution < -0.4 is 10.5 Å². The number of nitrogen functional groups attached to an aromatic ring is 1. The number of hydrogen-bond acceptors (Lipinski definition) is 3. The molecule has 0 aliphatic heterocycles. The molecule has 0 saturated carbocycles. The molecule has 1 rings (SSSR count). The Bertz CT molecular complexity index is 340. The standard InChI is InChI=1S/C11H17ClN2O/c1-8-6-10(13)9(12)7-11(8)15-5-4-14(2)3/h6-7H,4-5,13H2,1-3H3. The molecule has 0 aliphatic rings. The number of likely N-dealkylation sites (N-methyl/N-ethyl adjacent to an activating group) is 1. The average molecular weight is 229 g/mol. The summed E-state index contributed by atoms with van der Waals surface area (Å²) in [6, 6.07) is 3.59. The molecular formula is C11H17ClN2O. The molecule has 0 aromatic heterocycles. The maximum absolute atomic E-state index is 5.91. The van der Waals surface area contributed by atoms with Gasteiger partial charge in [0.25, 0.3) is 0 Å². The molecule has 84 valence electrons. The van der Waals surface area contributed by atoms with Crippen molar-refractivity contribution in [2.24, 2.45) is 0 Å².